The molecule has 1 aromatic carbocycles. The average molecular weight is 437 g/mol. The zero-order valence-electron chi connectivity index (χ0n) is 18.2. The van der Waals surface area contributed by atoms with E-state index in [1.54, 1.807) is 7.05 Å². The number of aliphatic hydroxyl groups is 1. The van der Waals surface area contributed by atoms with Crippen molar-refractivity contribution in [1.29, 1.82) is 0 Å². The molecule has 0 fully saturated rings. The largest absolute Gasteiger partial charge is 0.459 e. The quantitative estimate of drug-likeness (QED) is 0.415. The van der Waals surface area contributed by atoms with E-state index in [0.29, 0.717) is 37.4 Å². The van der Waals surface area contributed by atoms with Crippen molar-refractivity contribution in [2.45, 2.75) is 37.8 Å². The van der Waals surface area contributed by atoms with Gasteiger partial charge in [-0.25, -0.2) is 0 Å². The first-order chi connectivity index (χ1) is 15.0. The van der Waals surface area contributed by atoms with E-state index in [1.165, 1.54) is 19.1 Å². The van der Waals surface area contributed by atoms with E-state index in [2.05, 4.69) is 0 Å². The number of fused-ring (bicyclic) bond motifs is 1. The van der Waals surface area contributed by atoms with Crippen molar-refractivity contribution < 1.29 is 38.3 Å². The normalized spacial score (nSPS) is 19.8. The van der Waals surface area contributed by atoms with Crippen LogP contribution in [0.5, 0.6) is 11.5 Å². The Bertz CT molecular complexity index is 764. The Balaban J connectivity index is 1.77. The first-order valence-corrected chi connectivity index (χ1v) is 10.4. The lowest BCUT2D eigenvalue weighted by Gasteiger charge is -2.31. The summed E-state index contributed by atoms with van der Waals surface area (Å²) >= 11 is 0. The summed E-state index contributed by atoms with van der Waals surface area (Å²) in [7, 11) is 4.71. The van der Waals surface area contributed by atoms with Crippen molar-refractivity contribution >= 4 is 5.91 Å². The van der Waals surface area contributed by atoms with E-state index < -0.39 is 12.6 Å². The molecular weight excluding hydrogens is 406 g/mol. The number of benzene rings is 1. The molecule has 0 spiro atoms. The number of hydrogen-bond donors (Lipinski definition) is 1. The average Bonchev–Trinajstić information content (AvgIpc) is 3.27. The molecule has 2 aliphatic heterocycles. The van der Waals surface area contributed by atoms with Gasteiger partial charge in [0.2, 0.25) is 13.1 Å². The van der Waals surface area contributed by atoms with Crippen LogP contribution in [0.1, 0.15) is 30.7 Å². The summed E-state index contributed by atoms with van der Waals surface area (Å²) in [4.78, 5) is 14.5. The smallest absolute Gasteiger partial charge is 0.288 e. The fourth-order valence-electron chi connectivity index (χ4n) is 3.46. The van der Waals surface area contributed by atoms with Crippen LogP contribution in [0.15, 0.2) is 30.0 Å². The first-order valence-electron chi connectivity index (χ1n) is 10.4. The van der Waals surface area contributed by atoms with Crippen molar-refractivity contribution in [3.63, 3.8) is 0 Å². The number of ether oxygens (including phenoxy) is 6. The molecule has 1 N–H and O–H groups in total. The van der Waals surface area contributed by atoms with Gasteiger partial charge in [-0.1, -0.05) is 6.07 Å². The van der Waals surface area contributed by atoms with Gasteiger partial charge in [-0.2, -0.15) is 0 Å². The summed E-state index contributed by atoms with van der Waals surface area (Å²) in [6.07, 6.45) is 2.62. The van der Waals surface area contributed by atoms with Crippen LogP contribution in [0.3, 0.4) is 0 Å². The number of hydrogen-bond acceptors (Lipinski definition) is 8. The third kappa shape index (κ3) is 6.10. The van der Waals surface area contributed by atoms with Gasteiger partial charge >= 0.3 is 0 Å². The van der Waals surface area contributed by atoms with Crippen molar-refractivity contribution in [2.75, 3.05) is 47.8 Å². The number of carbonyl (C=O) groups excluding carboxylic acids is 1. The van der Waals surface area contributed by atoms with E-state index in [0.717, 1.165) is 5.56 Å². The fraction of sp³-hybridized carbons (Fsp3) is 0.591. The summed E-state index contributed by atoms with van der Waals surface area (Å²) in [6, 6.07) is 5.75. The van der Waals surface area contributed by atoms with E-state index in [-0.39, 0.29) is 37.5 Å². The van der Waals surface area contributed by atoms with Crippen molar-refractivity contribution in [1.82, 2.24) is 4.90 Å². The first kappa shape index (κ1) is 23.3. The lowest BCUT2D eigenvalue weighted by atomic mass is 9.92. The molecule has 172 valence electrons. The maximum absolute atomic E-state index is 13.0. The molecule has 0 aliphatic carbocycles. The summed E-state index contributed by atoms with van der Waals surface area (Å²) in [5, 5.41) is 8.97. The summed E-state index contributed by atoms with van der Waals surface area (Å²) in [6.45, 7) is 1.01. The number of amides is 1. The molecule has 0 saturated carbocycles. The van der Waals surface area contributed by atoms with Gasteiger partial charge in [0.25, 0.3) is 5.91 Å². The van der Waals surface area contributed by atoms with Crippen LogP contribution in [0, 0.1) is 0 Å². The van der Waals surface area contributed by atoms with Crippen LogP contribution in [0.2, 0.25) is 0 Å². The third-order valence-electron chi connectivity index (χ3n) is 5.24. The molecule has 9 nitrogen and oxygen atoms in total. The Hall–Kier alpha value is -2.33. The highest BCUT2D eigenvalue weighted by atomic mass is 16.7. The Morgan fingerprint density at radius 1 is 1.23 bits per heavy atom. The van der Waals surface area contributed by atoms with Crippen LogP contribution in [-0.4, -0.2) is 76.3 Å². The number of nitrogens with zero attached hydrogens (tertiary/aromatic N) is 1. The molecule has 31 heavy (non-hydrogen) atoms. The van der Waals surface area contributed by atoms with E-state index in [1.807, 2.05) is 24.3 Å². The lowest BCUT2D eigenvalue weighted by molar-refractivity contribution is -0.158. The number of methoxy groups -OCH3 is 2. The highest BCUT2D eigenvalue weighted by Gasteiger charge is 2.31. The highest BCUT2D eigenvalue weighted by molar-refractivity contribution is 5.91. The number of aliphatic hydroxyl groups excluding tert-OH is 1. The zero-order chi connectivity index (χ0) is 22.2. The van der Waals surface area contributed by atoms with Gasteiger partial charge in [-0.05, 0) is 36.6 Å². The van der Waals surface area contributed by atoms with Gasteiger partial charge in [0.1, 0.15) is 0 Å². The van der Waals surface area contributed by atoms with Crippen molar-refractivity contribution in [3.05, 3.63) is 35.6 Å². The Labute approximate surface area is 182 Å². The number of unbranched alkanes of at least 4 members (excludes halogenated alkanes) is 1. The van der Waals surface area contributed by atoms with Crippen molar-refractivity contribution in [3.8, 4) is 11.5 Å². The van der Waals surface area contributed by atoms with Crippen LogP contribution in [-0.2, 0) is 23.7 Å². The van der Waals surface area contributed by atoms with Gasteiger partial charge in [0.05, 0.1) is 13.2 Å². The van der Waals surface area contributed by atoms with Crippen molar-refractivity contribution in [2.24, 2.45) is 0 Å². The maximum Gasteiger partial charge on any atom is 0.288 e. The molecule has 0 bridgehead atoms. The van der Waals surface area contributed by atoms with E-state index in [4.69, 9.17) is 33.5 Å². The Morgan fingerprint density at radius 3 is 2.74 bits per heavy atom. The minimum atomic E-state index is -0.577. The molecule has 2 heterocycles. The van der Waals surface area contributed by atoms with Crippen LogP contribution < -0.4 is 9.47 Å². The predicted octanol–water partition coefficient (Wildman–Crippen LogP) is 2.00. The van der Waals surface area contributed by atoms with Gasteiger partial charge in [-0.3, -0.25) is 4.79 Å². The number of carbonyl (C=O) groups is 1. The van der Waals surface area contributed by atoms with Gasteiger partial charge in [0, 0.05) is 40.2 Å². The molecule has 3 rings (SSSR count). The minimum Gasteiger partial charge on any atom is -0.459 e. The molecular formula is C22H31NO8. The molecule has 9 heteroatoms. The molecule has 1 aromatic rings. The lowest BCUT2D eigenvalue weighted by Crippen LogP contribution is -2.39. The van der Waals surface area contributed by atoms with Gasteiger partial charge in [-0.15, -0.1) is 0 Å². The minimum absolute atomic E-state index is 0.0981. The second-order valence-corrected chi connectivity index (χ2v) is 7.42. The van der Waals surface area contributed by atoms with E-state index >= 15 is 0 Å². The molecule has 0 unspecified atom stereocenters. The molecule has 1 amide bonds. The summed E-state index contributed by atoms with van der Waals surface area (Å²) < 4.78 is 33.0. The molecule has 2 aliphatic rings. The number of allylic oxidation sites excluding steroid dienone is 1. The molecule has 0 aromatic heterocycles. The van der Waals surface area contributed by atoms with Crippen LogP contribution >= 0.6 is 0 Å². The molecule has 2 atom stereocenters. The topological polar surface area (TPSA) is 95.9 Å². The number of rotatable bonds is 11. The standard InChI is InChI=1S/C22H31NO8/c1-23(13-21(26-2)27-3)22(25)19-11-16(12-20(31-19)28-9-5-4-8-24)15-6-7-17-18(10-15)30-14-29-17/h6-7,10-11,16,20-21,24H,4-5,8-9,12-14H2,1-3H3/t16-,20+/m1/s1. The monoisotopic (exact) mass is 437 g/mol. The van der Waals surface area contributed by atoms with E-state index in [9.17, 15) is 4.79 Å². The fourth-order valence-corrected chi connectivity index (χ4v) is 3.46. The SMILES string of the molecule is COC(CN(C)C(=O)C1=C[C@@H](c2ccc3c(c2)OCO3)C[C@@H](OCCCCO)O1)OC. The summed E-state index contributed by atoms with van der Waals surface area (Å²) in [5.74, 6) is 1.23. The summed E-state index contributed by atoms with van der Waals surface area (Å²) in [5.41, 5.74) is 0.983. The highest BCUT2D eigenvalue weighted by Crippen LogP contribution is 2.38. The second-order valence-electron chi connectivity index (χ2n) is 7.42. The third-order valence-corrected chi connectivity index (χ3v) is 5.24. The van der Waals surface area contributed by atoms with Gasteiger partial charge in [0.15, 0.2) is 23.5 Å². The Kier molecular flexibility index (Phi) is 8.53. The van der Waals surface area contributed by atoms with Crippen LogP contribution in [0.25, 0.3) is 0 Å². The van der Waals surface area contributed by atoms with Gasteiger partial charge < -0.3 is 38.4 Å². The molecule has 0 radical (unpaired) electrons. The maximum atomic E-state index is 13.0. The predicted molar refractivity (Wildman–Crippen MR) is 111 cm³/mol. The van der Waals surface area contributed by atoms with Crippen LogP contribution in [0.4, 0.5) is 0 Å². The Morgan fingerprint density at radius 2 is 2.00 bits per heavy atom. The molecule has 0 saturated heterocycles. The second kappa shape index (κ2) is 11.3. The number of likely N-dealkylation sites (N-methyl/N-ethyl adjacent to an activating group) is 1. The zero-order valence-corrected chi connectivity index (χ0v) is 18.2.